The van der Waals surface area contributed by atoms with E-state index in [9.17, 15) is 14.4 Å². The van der Waals surface area contributed by atoms with Crippen molar-refractivity contribution in [1.29, 1.82) is 0 Å². The average molecular weight is 396 g/mol. The molecule has 0 aromatic heterocycles. The Hall–Kier alpha value is -3.06. The monoisotopic (exact) mass is 396 g/mol. The van der Waals surface area contributed by atoms with Crippen LogP contribution < -0.4 is 10.1 Å². The van der Waals surface area contributed by atoms with Crippen LogP contribution in [0.1, 0.15) is 21.5 Å². The summed E-state index contributed by atoms with van der Waals surface area (Å²) in [6.07, 6.45) is 1.70. The zero-order chi connectivity index (χ0) is 20.1. The fourth-order valence-corrected chi connectivity index (χ4v) is 3.63. The number of rotatable bonds is 6. The van der Waals surface area contributed by atoms with Crippen molar-refractivity contribution in [3.8, 4) is 5.75 Å². The third-order valence-corrected chi connectivity index (χ3v) is 5.10. The van der Waals surface area contributed by atoms with Gasteiger partial charge in [-0.1, -0.05) is 42.0 Å². The first-order valence-corrected chi connectivity index (χ1v) is 9.54. The highest BCUT2D eigenvalue weighted by atomic mass is 32.2. The van der Waals surface area contributed by atoms with Gasteiger partial charge < -0.3 is 10.1 Å². The molecule has 7 heteroatoms. The standard InChI is InChI=1S/C21H20N2O4S/c1-14-8-9-17(27-2)16(12-14)19(24)22-10-11-23-20(25)18(28-21(23)26)13-15-6-4-3-5-7-15/h3-9,12-13H,10-11H2,1-2H3,(H,22,24)/b18-13+. The molecule has 1 saturated heterocycles. The number of methoxy groups -OCH3 is 1. The Kier molecular flexibility index (Phi) is 6.16. The third kappa shape index (κ3) is 4.43. The number of amides is 3. The lowest BCUT2D eigenvalue weighted by Crippen LogP contribution is -2.37. The fourth-order valence-electron chi connectivity index (χ4n) is 2.77. The van der Waals surface area contributed by atoms with Crippen LogP contribution in [0, 0.1) is 6.92 Å². The molecule has 1 aliphatic rings. The van der Waals surface area contributed by atoms with Crippen molar-refractivity contribution in [2.45, 2.75) is 6.92 Å². The highest BCUT2D eigenvalue weighted by Gasteiger charge is 2.34. The van der Waals surface area contributed by atoms with Gasteiger partial charge in [-0.15, -0.1) is 0 Å². The molecule has 1 fully saturated rings. The van der Waals surface area contributed by atoms with Gasteiger partial charge in [-0.05, 0) is 42.5 Å². The van der Waals surface area contributed by atoms with E-state index < -0.39 is 0 Å². The van der Waals surface area contributed by atoms with Gasteiger partial charge in [-0.3, -0.25) is 19.3 Å². The number of thioether (sulfide) groups is 1. The molecule has 28 heavy (non-hydrogen) atoms. The molecule has 3 amide bonds. The van der Waals surface area contributed by atoms with Crippen molar-refractivity contribution in [2.24, 2.45) is 0 Å². The van der Waals surface area contributed by atoms with E-state index in [1.165, 1.54) is 7.11 Å². The van der Waals surface area contributed by atoms with Crippen LogP contribution in [0.4, 0.5) is 4.79 Å². The molecule has 0 spiro atoms. The Bertz CT molecular complexity index is 941. The Morgan fingerprint density at radius 2 is 1.93 bits per heavy atom. The van der Waals surface area contributed by atoms with E-state index in [0.717, 1.165) is 27.8 Å². The van der Waals surface area contributed by atoms with Crippen LogP contribution in [0.2, 0.25) is 0 Å². The summed E-state index contributed by atoms with van der Waals surface area (Å²) in [4.78, 5) is 38.6. The molecule has 0 radical (unpaired) electrons. The van der Waals surface area contributed by atoms with Crippen LogP contribution in [-0.2, 0) is 4.79 Å². The number of aryl methyl sites for hydroxylation is 1. The van der Waals surface area contributed by atoms with Crippen molar-refractivity contribution in [1.82, 2.24) is 10.2 Å². The van der Waals surface area contributed by atoms with Gasteiger partial charge in [0.25, 0.3) is 17.1 Å². The second-order valence-corrected chi connectivity index (χ2v) is 7.20. The summed E-state index contributed by atoms with van der Waals surface area (Å²) in [6, 6.07) is 14.7. The topological polar surface area (TPSA) is 75.7 Å². The molecule has 0 saturated carbocycles. The maximum atomic E-state index is 12.5. The minimum atomic E-state index is -0.346. The zero-order valence-electron chi connectivity index (χ0n) is 15.6. The molecule has 1 N–H and O–H groups in total. The maximum Gasteiger partial charge on any atom is 0.293 e. The summed E-state index contributed by atoms with van der Waals surface area (Å²) in [5.41, 5.74) is 2.20. The van der Waals surface area contributed by atoms with Crippen LogP contribution >= 0.6 is 11.8 Å². The molecular formula is C21H20N2O4S. The predicted molar refractivity (Wildman–Crippen MR) is 109 cm³/mol. The van der Waals surface area contributed by atoms with Gasteiger partial charge >= 0.3 is 0 Å². The molecule has 1 aliphatic heterocycles. The second-order valence-electron chi connectivity index (χ2n) is 6.20. The van der Waals surface area contributed by atoms with Gasteiger partial charge in [-0.25, -0.2) is 0 Å². The Morgan fingerprint density at radius 1 is 1.18 bits per heavy atom. The van der Waals surface area contributed by atoms with Crippen LogP contribution in [0.15, 0.2) is 53.4 Å². The first-order valence-electron chi connectivity index (χ1n) is 8.73. The van der Waals surface area contributed by atoms with Gasteiger partial charge in [0, 0.05) is 13.1 Å². The molecule has 0 unspecified atom stereocenters. The van der Waals surface area contributed by atoms with Gasteiger partial charge in [0.1, 0.15) is 5.75 Å². The molecule has 0 atom stereocenters. The van der Waals surface area contributed by atoms with Crippen LogP contribution in [0.5, 0.6) is 5.75 Å². The second kappa shape index (κ2) is 8.75. The molecule has 0 aliphatic carbocycles. The van der Waals surface area contributed by atoms with Crippen molar-refractivity contribution >= 4 is 34.9 Å². The number of ether oxygens (including phenoxy) is 1. The molecular weight excluding hydrogens is 376 g/mol. The first kappa shape index (κ1) is 19.7. The highest BCUT2D eigenvalue weighted by Crippen LogP contribution is 2.31. The molecule has 144 valence electrons. The van der Waals surface area contributed by atoms with Gasteiger partial charge in [0.2, 0.25) is 0 Å². The average Bonchev–Trinajstić information content (AvgIpc) is 2.96. The summed E-state index contributed by atoms with van der Waals surface area (Å²) < 4.78 is 5.22. The normalized spacial score (nSPS) is 15.2. The number of carbonyl (C=O) groups excluding carboxylic acids is 3. The minimum absolute atomic E-state index is 0.108. The lowest BCUT2D eigenvalue weighted by atomic mass is 10.1. The van der Waals surface area contributed by atoms with Crippen molar-refractivity contribution in [2.75, 3.05) is 20.2 Å². The van der Waals surface area contributed by atoms with Crippen LogP contribution in [-0.4, -0.2) is 42.2 Å². The molecule has 1 heterocycles. The summed E-state index contributed by atoms with van der Waals surface area (Å²) in [5, 5.41) is 2.40. The number of carbonyl (C=O) groups is 3. The van der Waals surface area contributed by atoms with Gasteiger partial charge in [0.05, 0.1) is 17.6 Å². The van der Waals surface area contributed by atoms with E-state index in [0.29, 0.717) is 16.2 Å². The largest absolute Gasteiger partial charge is 0.496 e. The summed E-state index contributed by atoms with van der Waals surface area (Å²) in [6.45, 7) is 2.15. The number of hydrogen-bond donors (Lipinski definition) is 1. The quantitative estimate of drug-likeness (QED) is 0.757. The van der Waals surface area contributed by atoms with Crippen LogP contribution in [0.25, 0.3) is 6.08 Å². The molecule has 3 rings (SSSR count). The van der Waals surface area contributed by atoms with E-state index in [2.05, 4.69) is 5.32 Å². The first-order chi connectivity index (χ1) is 13.5. The molecule has 6 nitrogen and oxygen atoms in total. The number of nitrogens with one attached hydrogen (secondary N) is 1. The summed E-state index contributed by atoms with van der Waals surface area (Å²) in [7, 11) is 1.50. The van der Waals surface area contributed by atoms with Crippen molar-refractivity contribution in [3.05, 3.63) is 70.1 Å². The number of hydrogen-bond acceptors (Lipinski definition) is 5. The molecule has 2 aromatic carbocycles. The third-order valence-electron chi connectivity index (χ3n) is 4.19. The summed E-state index contributed by atoms with van der Waals surface area (Å²) in [5.74, 6) is -0.186. The van der Waals surface area contributed by atoms with Crippen molar-refractivity contribution < 1.29 is 19.1 Å². The minimum Gasteiger partial charge on any atom is -0.496 e. The Balaban J connectivity index is 1.61. The van der Waals surface area contributed by atoms with Gasteiger partial charge in [-0.2, -0.15) is 0 Å². The zero-order valence-corrected chi connectivity index (χ0v) is 16.4. The van der Waals surface area contributed by atoms with E-state index >= 15 is 0 Å². The van der Waals surface area contributed by atoms with E-state index in [4.69, 9.17) is 4.74 Å². The number of benzene rings is 2. The van der Waals surface area contributed by atoms with Crippen LogP contribution in [0.3, 0.4) is 0 Å². The molecule has 2 aromatic rings. The smallest absolute Gasteiger partial charge is 0.293 e. The van der Waals surface area contributed by atoms with E-state index in [1.807, 2.05) is 43.3 Å². The Labute approximate surface area is 167 Å². The summed E-state index contributed by atoms with van der Waals surface area (Å²) >= 11 is 0.906. The Morgan fingerprint density at radius 3 is 2.64 bits per heavy atom. The fraction of sp³-hybridized carbons (Fsp3) is 0.190. The predicted octanol–water partition coefficient (Wildman–Crippen LogP) is 3.47. The number of imide groups is 1. The van der Waals surface area contributed by atoms with E-state index in [1.54, 1.807) is 18.2 Å². The van der Waals surface area contributed by atoms with Gasteiger partial charge in [0.15, 0.2) is 0 Å². The lowest BCUT2D eigenvalue weighted by Gasteiger charge is -2.14. The van der Waals surface area contributed by atoms with E-state index in [-0.39, 0.29) is 30.1 Å². The SMILES string of the molecule is COc1ccc(C)cc1C(=O)NCCN1C(=O)S/C(=C/c2ccccc2)C1=O. The maximum absolute atomic E-state index is 12.5. The number of nitrogens with zero attached hydrogens (tertiary/aromatic N) is 1. The lowest BCUT2D eigenvalue weighted by molar-refractivity contribution is -0.122. The molecule has 0 bridgehead atoms. The highest BCUT2D eigenvalue weighted by molar-refractivity contribution is 8.18. The van der Waals surface area contributed by atoms with Crippen molar-refractivity contribution in [3.63, 3.8) is 0 Å².